The zero-order valence-corrected chi connectivity index (χ0v) is 11.3. The molecule has 2 N–H and O–H groups in total. The zero-order valence-electron chi connectivity index (χ0n) is 11.3. The van der Waals surface area contributed by atoms with Crippen LogP contribution in [0.3, 0.4) is 0 Å². The first-order valence-corrected chi connectivity index (χ1v) is 6.53. The van der Waals surface area contributed by atoms with Crippen molar-refractivity contribution in [3.05, 3.63) is 58.8 Å². The van der Waals surface area contributed by atoms with Crippen LogP contribution in [-0.4, -0.2) is 18.0 Å². The predicted octanol–water partition coefficient (Wildman–Crippen LogP) is 2.57. The van der Waals surface area contributed by atoms with E-state index in [4.69, 9.17) is 11.0 Å². The third kappa shape index (κ3) is 3.46. The van der Waals surface area contributed by atoms with E-state index in [0.29, 0.717) is 11.3 Å². The second-order valence-corrected chi connectivity index (χ2v) is 4.87. The fourth-order valence-corrected chi connectivity index (χ4v) is 2.34. The highest BCUT2D eigenvalue weighted by Gasteiger charge is 2.15. The van der Waals surface area contributed by atoms with Gasteiger partial charge in [0.05, 0.1) is 5.57 Å². The number of allylic oxidation sites excluding steroid dienone is 2. The van der Waals surface area contributed by atoms with Crippen LogP contribution in [0.1, 0.15) is 18.9 Å². The Morgan fingerprint density at radius 3 is 2.63 bits per heavy atom. The van der Waals surface area contributed by atoms with Gasteiger partial charge in [-0.2, -0.15) is 5.26 Å². The normalized spacial score (nSPS) is 17.4. The molecule has 1 heterocycles. The van der Waals surface area contributed by atoms with Crippen molar-refractivity contribution in [2.45, 2.75) is 19.9 Å². The van der Waals surface area contributed by atoms with E-state index in [0.717, 1.165) is 31.6 Å². The highest BCUT2D eigenvalue weighted by Crippen LogP contribution is 2.21. The van der Waals surface area contributed by atoms with Crippen molar-refractivity contribution in [2.75, 3.05) is 13.1 Å². The summed E-state index contributed by atoms with van der Waals surface area (Å²) in [4.78, 5) is 2.37. The average molecular weight is 253 g/mol. The topological polar surface area (TPSA) is 53.1 Å². The van der Waals surface area contributed by atoms with E-state index in [-0.39, 0.29) is 0 Å². The summed E-state index contributed by atoms with van der Waals surface area (Å²) in [7, 11) is 0. The number of hydrogen-bond acceptors (Lipinski definition) is 3. The van der Waals surface area contributed by atoms with Crippen molar-refractivity contribution in [3.63, 3.8) is 0 Å². The smallest absolute Gasteiger partial charge is 0.101 e. The molecule has 1 aliphatic heterocycles. The summed E-state index contributed by atoms with van der Waals surface area (Å²) in [5.41, 5.74) is 9.42. The summed E-state index contributed by atoms with van der Waals surface area (Å²) in [6.07, 6.45) is 3.02. The molecular weight excluding hydrogens is 234 g/mol. The summed E-state index contributed by atoms with van der Waals surface area (Å²) < 4.78 is 0. The molecule has 0 atom stereocenters. The third-order valence-corrected chi connectivity index (χ3v) is 3.37. The van der Waals surface area contributed by atoms with Gasteiger partial charge in [0.15, 0.2) is 0 Å². The molecule has 19 heavy (non-hydrogen) atoms. The van der Waals surface area contributed by atoms with E-state index < -0.39 is 0 Å². The van der Waals surface area contributed by atoms with Gasteiger partial charge in [0.2, 0.25) is 0 Å². The van der Waals surface area contributed by atoms with Crippen LogP contribution in [0.4, 0.5) is 0 Å². The number of nitriles is 1. The van der Waals surface area contributed by atoms with Crippen LogP contribution < -0.4 is 5.73 Å². The quantitative estimate of drug-likeness (QED) is 0.842. The van der Waals surface area contributed by atoms with Gasteiger partial charge in [0, 0.05) is 25.3 Å². The monoisotopic (exact) mass is 253 g/mol. The fourth-order valence-electron chi connectivity index (χ4n) is 2.34. The van der Waals surface area contributed by atoms with E-state index in [2.05, 4.69) is 41.3 Å². The number of nitrogens with two attached hydrogens (primary N) is 1. The molecule has 1 aliphatic rings. The summed E-state index contributed by atoms with van der Waals surface area (Å²) in [6.45, 7) is 4.59. The number of benzene rings is 1. The lowest BCUT2D eigenvalue weighted by Gasteiger charge is -2.26. The first kappa shape index (κ1) is 13.4. The van der Waals surface area contributed by atoms with Crippen LogP contribution in [0.2, 0.25) is 0 Å². The Morgan fingerprint density at radius 1 is 1.37 bits per heavy atom. The molecule has 1 aromatic rings. The summed E-state index contributed by atoms with van der Waals surface area (Å²) >= 11 is 0. The molecule has 3 heteroatoms. The zero-order chi connectivity index (χ0) is 13.7. The van der Waals surface area contributed by atoms with Gasteiger partial charge >= 0.3 is 0 Å². The number of hydrogen-bond donors (Lipinski definition) is 1. The fraction of sp³-hybridized carbons (Fsp3) is 0.312. The van der Waals surface area contributed by atoms with Gasteiger partial charge in [-0.05, 0) is 24.5 Å². The van der Waals surface area contributed by atoms with Gasteiger partial charge in [-0.1, -0.05) is 36.4 Å². The van der Waals surface area contributed by atoms with Crippen LogP contribution in [0.25, 0.3) is 0 Å². The molecule has 0 fully saturated rings. The second kappa shape index (κ2) is 6.21. The largest absolute Gasteiger partial charge is 0.401 e. The van der Waals surface area contributed by atoms with Crippen molar-refractivity contribution in [1.29, 1.82) is 5.26 Å². The van der Waals surface area contributed by atoms with Crippen molar-refractivity contribution in [2.24, 2.45) is 5.73 Å². The highest BCUT2D eigenvalue weighted by molar-refractivity contribution is 5.45. The maximum atomic E-state index is 9.11. The predicted molar refractivity (Wildman–Crippen MR) is 76.9 cm³/mol. The SMILES string of the molecule is C/C(N)=C(/C#N)C1=CCN(Cc2ccccc2)CC1. The molecule has 0 saturated heterocycles. The van der Waals surface area contributed by atoms with Gasteiger partial charge in [-0.3, -0.25) is 4.90 Å². The van der Waals surface area contributed by atoms with Gasteiger partial charge in [0.1, 0.15) is 6.07 Å². The molecule has 0 unspecified atom stereocenters. The van der Waals surface area contributed by atoms with Crippen molar-refractivity contribution >= 4 is 0 Å². The third-order valence-electron chi connectivity index (χ3n) is 3.37. The summed E-state index contributed by atoms with van der Waals surface area (Å²) in [6, 6.07) is 12.7. The summed E-state index contributed by atoms with van der Waals surface area (Å²) in [5, 5.41) is 9.11. The Hall–Kier alpha value is -2.05. The maximum absolute atomic E-state index is 9.11. The maximum Gasteiger partial charge on any atom is 0.101 e. The minimum absolute atomic E-state index is 0.616. The molecular formula is C16H19N3. The van der Waals surface area contributed by atoms with Gasteiger partial charge in [0.25, 0.3) is 0 Å². The Bertz CT molecular complexity index is 531. The van der Waals surface area contributed by atoms with Crippen LogP contribution in [0, 0.1) is 11.3 Å². The van der Waals surface area contributed by atoms with Gasteiger partial charge < -0.3 is 5.73 Å². The lowest BCUT2D eigenvalue weighted by atomic mass is 9.98. The van der Waals surface area contributed by atoms with E-state index >= 15 is 0 Å². The number of nitrogens with zero attached hydrogens (tertiary/aromatic N) is 2. The minimum Gasteiger partial charge on any atom is -0.401 e. The first-order chi connectivity index (χ1) is 9.20. The molecule has 0 aliphatic carbocycles. The highest BCUT2D eigenvalue weighted by atomic mass is 15.1. The lowest BCUT2D eigenvalue weighted by molar-refractivity contribution is 0.287. The molecule has 1 aromatic carbocycles. The lowest BCUT2D eigenvalue weighted by Crippen LogP contribution is -2.28. The standard InChI is InChI=1S/C16H19N3/c1-13(18)16(11-17)15-7-9-19(10-8-15)12-14-5-3-2-4-6-14/h2-7H,8-10,12,18H2,1H3/b16-13+. The first-order valence-electron chi connectivity index (χ1n) is 6.53. The molecule has 0 radical (unpaired) electrons. The van der Waals surface area contributed by atoms with Crippen molar-refractivity contribution < 1.29 is 0 Å². The Morgan fingerprint density at radius 2 is 2.11 bits per heavy atom. The molecule has 0 saturated carbocycles. The Balaban J connectivity index is 2.01. The average Bonchev–Trinajstić information content (AvgIpc) is 2.42. The summed E-state index contributed by atoms with van der Waals surface area (Å²) in [5.74, 6) is 0. The van der Waals surface area contributed by atoms with E-state index in [1.54, 1.807) is 6.92 Å². The van der Waals surface area contributed by atoms with Gasteiger partial charge in [-0.25, -0.2) is 0 Å². The number of rotatable bonds is 3. The van der Waals surface area contributed by atoms with Crippen LogP contribution in [-0.2, 0) is 6.54 Å². The van der Waals surface area contributed by atoms with Crippen LogP contribution >= 0.6 is 0 Å². The molecule has 98 valence electrons. The van der Waals surface area contributed by atoms with Crippen molar-refractivity contribution in [1.82, 2.24) is 4.90 Å². The molecule has 0 spiro atoms. The molecule has 0 amide bonds. The molecule has 0 bridgehead atoms. The van der Waals surface area contributed by atoms with Crippen LogP contribution in [0.15, 0.2) is 53.3 Å². The Kier molecular flexibility index (Phi) is 4.38. The molecule has 0 aromatic heterocycles. The Labute approximate surface area is 114 Å². The van der Waals surface area contributed by atoms with E-state index in [1.807, 2.05) is 6.07 Å². The van der Waals surface area contributed by atoms with E-state index in [9.17, 15) is 0 Å². The van der Waals surface area contributed by atoms with E-state index in [1.165, 1.54) is 5.56 Å². The molecule has 3 nitrogen and oxygen atoms in total. The van der Waals surface area contributed by atoms with Gasteiger partial charge in [-0.15, -0.1) is 0 Å². The van der Waals surface area contributed by atoms with Crippen LogP contribution in [0.5, 0.6) is 0 Å². The molecule has 2 rings (SSSR count). The minimum atomic E-state index is 0.616. The second-order valence-electron chi connectivity index (χ2n) is 4.87. The van der Waals surface area contributed by atoms with Crippen molar-refractivity contribution in [3.8, 4) is 6.07 Å².